The highest BCUT2D eigenvalue weighted by Crippen LogP contribution is 2.32. The zero-order valence-electron chi connectivity index (χ0n) is 11.3. The molecule has 2 aromatic carbocycles. The van der Waals surface area contributed by atoms with Crippen molar-refractivity contribution in [3.63, 3.8) is 0 Å². The van der Waals surface area contributed by atoms with Gasteiger partial charge in [0.25, 0.3) is 0 Å². The van der Waals surface area contributed by atoms with E-state index in [1.54, 1.807) is 19.2 Å². The van der Waals surface area contributed by atoms with Gasteiger partial charge in [0.2, 0.25) is 0 Å². The topological polar surface area (TPSA) is 47.3 Å². The summed E-state index contributed by atoms with van der Waals surface area (Å²) < 4.78 is 19.4. The van der Waals surface area contributed by atoms with Crippen LogP contribution in [0.5, 0.6) is 5.75 Å². The molecule has 1 unspecified atom stereocenters. The summed E-state index contributed by atoms with van der Waals surface area (Å²) in [6, 6.07) is 9.68. The minimum Gasteiger partial charge on any atom is -0.496 e. The molecule has 0 aliphatic carbocycles. The molecule has 1 atom stereocenters. The van der Waals surface area contributed by atoms with Gasteiger partial charge in [0.05, 0.1) is 13.2 Å². The van der Waals surface area contributed by atoms with Gasteiger partial charge in [-0.05, 0) is 25.1 Å². The zero-order valence-corrected chi connectivity index (χ0v) is 12.0. The van der Waals surface area contributed by atoms with E-state index in [4.69, 9.17) is 22.2 Å². The lowest BCUT2D eigenvalue weighted by atomic mass is 9.96. The predicted molar refractivity (Wildman–Crippen MR) is 78.3 cm³/mol. The Labute approximate surface area is 122 Å². The van der Waals surface area contributed by atoms with Crippen LogP contribution in [0.25, 0.3) is 0 Å². The molecule has 0 bridgehead atoms. The molecule has 3 N–H and O–H groups in total. The Balaban J connectivity index is 2.54. The van der Waals surface area contributed by atoms with Gasteiger partial charge in [-0.1, -0.05) is 35.4 Å². The number of hydrogen-bond acceptors (Lipinski definition) is 3. The maximum absolute atomic E-state index is 14.1. The van der Waals surface area contributed by atoms with Crippen LogP contribution in [0.15, 0.2) is 36.4 Å². The molecule has 0 amide bonds. The number of hydrogen-bond donors (Lipinski definition) is 2. The van der Waals surface area contributed by atoms with Crippen LogP contribution in [0, 0.1) is 12.7 Å². The summed E-state index contributed by atoms with van der Waals surface area (Å²) in [6.45, 7) is 1.95. The number of aryl methyl sites for hydroxylation is 1. The van der Waals surface area contributed by atoms with Crippen LogP contribution in [0.2, 0.25) is 5.02 Å². The lowest BCUT2D eigenvalue weighted by Gasteiger charge is -2.20. The van der Waals surface area contributed by atoms with Crippen LogP contribution in [0.4, 0.5) is 4.39 Å². The SMILES string of the molecule is COc1ccc(C)cc1C(NN)c1ccc(Cl)cc1F. The quantitative estimate of drug-likeness (QED) is 0.671. The maximum Gasteiger partial charge on any atom is 0.129 e. The van der Waals surface area contributed by atoms with Crippen LogP contribution in [-0.4, -0.2) is 7.11 Å². The summed E-state index contributed by atoms with van der Waals surface area (Å²) in [7, 11) is 1.57. The van der Waals surface area contributed by atoms with Gasteiger partial charge in [-0.15, -0.1) is 0 Å². The summed E-state index contributed by atoms with van der Waals surface area (Å²) in [6.07, 6.45) is 0. The second-order valence-corrected chi connectivity index (χ2v) is 4.95. The van der Waals surface area contributed by atoms with Gasteiger partial charge < -0.3 is 4.74 Å². The number of nitrogens with two attached hydrogens (primary N) is 1. The van der Waals surface area contributed by atoms with E-state index in [1.807, 2.05) is 25.1 Å². The molecule has 3 nitrogen and oxygen atoms in total. The number of halogens is 2. The molecule has 0 radical (unpaired) electrons. The van der Waals surface area contributed by atoms with Crippen LogP contribution >= 0.6 is 11.6 Å². The Morgan fingerprint density at radius 2 is 1.95 bits per heavy atom. The first-order valence-corrected chi connectivity index (χ1v) is 6.50. The van der Waals surface area contributed by atoms with E-state index in [9.17, 15) is 4.39 Å². The van der Waals surface area contributed by atoms with E-state index in [1.165, 1.54) is 6.07 Å². The summed E-state index contributed by atoms with van der Waals surface area (Å²) in [5, 5.41) is 0.346. The molecular weight excluding hydrogens is 279 g/mol. The molecule has 5 heteroatoms. The molecule has 0 aromatic heterocycles. The van der Waals surface area contributed by atoms with Crippen molar-refractivity contribution in [1.29, 1.82) is 0 Å². The first kappa shape index (κ1) is 14.8. The van der Waals surface area contributed by atoms with Crippen molar-refractivity contribution < 1.29 is 9.13 Å². The van der Waals surface area contributed by atoms with Gasteiger partial charge in [0, 0.05) is 16.1 Å². The van der Waals surface area contributed by atoms with E-state index in [-0.39, 0.29) is 0 Å². The van der Waals surface area contributed by atoms with Crippen LogP contribution in [0.1, 0.15) is 22.7 Å². The molecule has 0 heterocycles. The number of benzene rings is 2. The Hall–Kier alpha value is -1.62. The normalized spacial score (nSPS) is 12.2. The predicted octanol–water partition coefficient (Wildman–Crippen LogP) is 3.35. The van der Waals surface area contributed by atoms with Crippen molar-refractivity contribution in [3.05, 3.63) is 63.9 Å². The zero-order chi connectivity index (χ0) is 14.7. The highest BCUT2D eigenvalue weighted by molar-refractivity contribution is 6.30. The molecule has 0 spiro atoms. The third kappa shape index (κ3) is 2.93. The number of nitrogens with one attached hydrogen (secondary N) is 1. The van der Waals surface area contributed by atoms with Crippen molar-refractivity contribution in [3.8, 4) is 5.75 Å². The number of methoxy groups -OCH3 is 1. The number of ether oxygens (including phenoxy) is 1. The smallest absolute Gasteiger partial charge is 0.129 e. The second-order valence-electron chi connectivity index (χ2n) is 4.51. The summed E-state index contributed by atoms with van der Waals surface area (Å²) in [4.78, 5) is 0. The number of hydrazine groups is 1. The molecule has 0 fully saturated rings. The van der Waals surface area contributed by atoms with Crippen molar-refractivity contribution >= 4 is 11.6 Å². The van der Waals surface area contributed by atoms with Crippen molar-refractivity contribution in [2.24, 2.45) is 5.84 Å². The fourth-order valence-corrected chi connectivity index (χ4v) is 2.32. The summed E-state index contributed by atoms with van der Waals surface area (Å²) in [5.41, 5.74) is 4.86. The van der Waals surface area contributed by atoms with Crippen molar-refractivity contribution in [2.75, 3.05) is 7.11 Å². The Morgan fingerprint density at radius 1 is 1.20 bits per heavy atom. The molecule has 0 saturated carbocycles. The molecule has 2 rings (SSSR count). The van der Waals surface area contributed by atoms with E-state index >= 15 is 0 Å². The second kappa shape index (κ2) is 6.22. The average molecular weight is 295 g/mol. The van der Waals surface area contributed by atoms with Gasteiger partial charge in [-0.3, -0.25) is 5.84 Å². The van der Waals surface area contributed by atoms with Gasteiger partial charge >= 0.3 is 0 Å². The first-order chi connectivity index (χ1) is 9.56. The third-order valence-electron chi connectivity index (χ3n) is 3.14. The largest absolute Gasteiger partial charge is 0.496 e. The highest BCUT2D eigenvalue weighted by atomic mass is 35.5. The lowest BCUT2D eigenvalue weighted by Crippen LogP contribution is -2.30. The monoisotopic (exact) mass is 294 g/mol. The van der Waals surface area contributed by atoms with Crippen LogP contribution in [0.3, 0.4) is 0 Å². The van der Waals surface area contributed by atoms with E-state index < -0.39 is 11.9 Å². The lowest BCUT2D eigenvalue weighted by molar-refractivity contribution is 0.403. The van der Waals surface area contributed by atoms with Gasteiger partial charge in [0.1, 0.15) is 11.6 Å². The fraction of sp³-hybridized carbons (Fsp3) is 0.200. The van der Waals surface area contributed by atoms with Gasteiger partial charge in [-0.2, -0.15) is 0 Å². The highest BCUT2D eigenvalue weighted by Gasteiger charge is 2.20. The van der Waals surface area contributed by atoms with Crippen LogP contribution in [-0.2, 0) is 0 Å². The van der Waals surface area contributed by atoms with E-state index in [2.05, 4.69) is 5.43 Å². The van der Waals surface area contributed by atoms with Gasteiger partial charge in [0.15, 0.2) is 0 Å². The fourth-order valence-electron chi connectivity index (χ4n) is 2.16. The minimum absolute atomic E-state index is 0.346. The summed E-state index contributed by atoms with van der Waals surface area (Å²) in [5.74, 6) is 5.85. The van der Waals surface area contributed by atoms with Gasteiger partial charge in [-0.25, -0.2) is 9.82 Å². The molecule has 0 saturated heterocycles. The molecule has 2 aromatic rings. The summed E-state index contributed by atoms with van der Waals surface area (Å²) >= 11 is 5.78. The Morgan fingerprint density at radius 3 is 2.55 bits per heavy atom. The minimum atomic E-state index is -0.512. The molecule has 20 heavy (non-hydrogen) atoms. The van der Waals surface area contributed by atoms with E-state index in [0.29, 0.717) is 16.3 Å². The molecular formula is C15H16ClFN2O. The Bertz CT molecular complexity index is 619. The molecule has 106 valence electrons. The average Bonchev–Trinajstić information content (AvgIpc) is 2.42. The van der Waals surface area contributed by atoms with Crippen molar-refractivity contribution in [1.82, 2.24) is 5.43 Å². The van der Waals surface area contributed by atoms with E-state index in [0.717, 1.165) is 11.1 Å². The number of rotatable bonds is 4. The standard InChI is InChI=1S/C15H16ClFN2O/c1-9-3-6-14(20-2)12(7-9)15(19-18)11-5-4-10(16)8-13(11)17/h3-8,15,19H,18H2,1-2H3. The molecule has 0 aliphatic heterocycles. The van der Waals surface area contributed by atoms with Crippen LogP contribution < -0.4 is 16.0 Å². The first-order valence-electron chi connectivity index (χ1n) is 6.12. The third-order valence-corrected chi connectivity index (χ3v) is 3.37. The Kier molecular flexibility index (Phi) is 4.60. The maximum atomic E-state index is 14.1. The van der Waals surface area contributed by atoms with Crippen molar-refractivity contribution in [2.45, 2.75) is 13.0 Å². The molecule has 0 aliphatic rings.